The smallest absolute Gasteiger partial charge is 0.305 e. The van der Waals surface area contributed by atoms with E-state index in [1.54, 1.807) is 38.3 Å². The molecule has 0 saturated heterocycles. The summed E-state index contributed by atoms with van der Waals surface area (Å²) in [4.78, 5) is 23.9. The van der Waals surface area contributed by atoms with E-state index in [0.717, 1.165) is 5.39 Å². The Morgan fingerprint density at radius 1 is 1.13 bits per heavy atom. The van der Waals surface area contributed by atoms with Crippen LogP contribution in [0.25, 0.3) is 11.0 Å². The summed E-state index contributed by atoms with van der Waals surface area (Å²) in [6.45, 7) is 1.76. The first-order valence-electron chi connectivity index (χ1n) is 6.81. The van der Waals surface area contributed by atoms with Crippen molar-refractivity contribution in [2.24, 2.45) is 0 Å². The van der Waals surface area contributed by atoms with Crippen molar-refractivity contribution in [2.75, 3.05) is 7.11 Å². The zero-order valence-electron chi connectivity index (χ0n) is 12.5. The van der Waals surface area contributed by atoms with Crippen LogP contribution < -0.4 is 15.6 Å². The van der Waals surface area contributed by atoms with Gasteiger partial charge in [-0.15, -0.1) is 0 Å². The van der Waals surface area contributed by atoms with Gasteiger partial charge in [-0.05, 0) is 37.3 Å². The number of rotatable bonds is 3. The molecule has 0 aliphatic carbocycles. The van der Waals surface area contributed by atoms with Gasteiger partial charge in [-0.3, -0.25) is 20.4 Å². The second-order valence-electron chi connectivity index (χ2n) is 4.80. The Morgan fingerprint density at radius 2 is 1.91 bits per heavy atom. The largest absolute Gasteiger partial charge is 0.497 e. The number of hydrogen-bond acceptors (Lipinski definition) is 5. The number of carbonyl (C=O) groups is 2. The Bertz CT molecular complexity index is 864. The van der Waals surface area contributed by atoms with Gasteiger partial charge in [0.1, 0.15) is 11.3 Å². The molecule has 0 fully saturated rings. The van der Waals surface area contributed by atoms with Crippen molar-refractivity contribution in [1.29, 1.82) is 0 Å². The van der Waals surface area contributed by atoms with Gasteiger partial charge in [-0.2, -0.15) is 0 Å². The summed E-state index contributed by atoms with van der Waals surface area (Å²) in [6, 6.07) is 8.31. The lowest BCUT2D eigenvalue weighted by Gasteiger charge is -2.04. The van der Waals surface area contributed by atoms with Crippen LogP contribution in [0, 0.1) is 6.92 Å². The predicted molar refractivity (Wildman–Crippen MR) is 81.1 cm³/mol. The Hall–Kier alpha value is -3.22. The van der Waals surface area contributed by atoms with Gasteiger partial charge in [0.2, 0.25) is 0 Å². The van der Waals surface area contributed by atoms with Gasteiger partial charge in [-0.1, -0.05) is 0 Å². The highest BCUT2D eigenvalue weighted by atomic mass is 16.5. The van der Waals surface area contributed by atoms with E-state index in [1.165, 1.54) is 12.3 Å². The summed E-state index contributed by atoms with van der Waals surface area (Å²) in [7, 11) is 1.56. The van der Waals surface area contributed by atoms with Crippen molar-refractivity contribution in [1.82, 2.24) is 10.9 Å². The molecule has 0 spiro atoms. The van der Waals surface area contributed by atoms with E-state index in [9.17, 15) is 9.59 Å². The highest BCUT2D eigenvalue weighted by molar-refractivity contribution is 6.01. The molecule has 7 heteroatoms. The number of ether oxygens (including phenoxy) is 1. The Labute approximate surface area is 131 Å². The zero-order chi connectivity index (χ0) is 16.4. The lowest BCUT2D eigenvalue weighted by Crippen LogP contribution is -2.41. The van der Waals surface area contributed by atoms with E-state index in [0.29, 0.717) is 16.9 Å². The van der Waals surface area contributed by atoms with E-state index >= 15 is 0 Å². The van der Waals surface area contributed by atoms with Crippen LogP contribution in [0.4, 0.5) is 0 Å². The fourth-order valence-electron chi connectivity index (χ4n) is 2.18. The second-order valence-corrected chi connectivity index (χ2v) is 4.80. The molecule has 2 amide bonds. The lowest BCUT2D eigenvalue weighted by atomic mass is 10.1. The van der Waals surface area contributed by atoms with Gasteiger partial charge in [0.05, 0.1) is 13.4 Å². The molecule has 118 valence electrons. The molecule has 0 saturated carbocycles. The van der Waals surface area contributed by atoms with Crippen LogP contribution in [-0.2, 0) is 0 Å². The van der Waals surface area contributed by atoms with Crippen molar-refractivity contribution in [3.63, 3.8) is 0 Å². The molecule has 3 rings (SSSR count). The quantitative estimate of drug-likeness (QED) is 0.724. The third-order valence-corrected chi connectivity index (χ3v) is 3.38. The van der Waals surface area contributed by atoms with Crippen LogP contribution >= 0.6 is 0 Å². The third-order valence-electron chi connectivity index (χ3n) is 3.38. The molecule has 3 aromatic rings. The minimum absolute atomic E-state index is 0.0939. The zero-order valence-corrected chi connectivity index (χ0v) is 12.5. The number of hydrogen-bond donors (Lipinski definition) is 2. The average molecular weight is 314 g/mol. The minimum atomic E-state index is -0.558. The fraction of sp³-hybridized carbons (Fsp3) is 0.125. The molecule has 0 radical (unpaired) electrons. The Morgan fingerprint density at radius 3 is 2.61 bits per heavy atom. The maximum atomic E-state index is 12.2. The average Bonchev–Trinajstić information content (AvgIpc) is 3.20. The molecule has 0 aliphatic heterocycles. The molecule has 0 aliphatic rings. The van der Waals surface area contributed by atoms with Gasteiger partial charge in [0.15, 0.2) is 11.5 Å². The van der Waals surface area contributed by atoms with Crippen molar-refractivity contribution >= 4 is 22.8 Å². The van der Waals surface area contributed by atoms with Crippen molar-refractivity contribution in [3.8, 4) is 5.75 Å². The lowest BCUT2D eigenvalue weighted by molar-refractivity contribution is 0.0817. The molecule has 2 aromatic heterocycles. The van der Waals surface area contributed by atoms with Crippen molar-refractivity contribution in [2.45, 2.75) is 6.92 Å². The Balaban J connectivity index is 1.78. The summed E-state index contributed by atoms with van der Waals surface area (Å²) in [6.07, 6.45) is 1.37. The first kappa shape index (κ1) is 14.7. The molecule has 2 N–H and O–H groups in total. The number of methoxy groups -OCH3 is 1. The van der Waals surface area contributed by atoms with Crippen LogP contribution in [-0.4, -0.2) is 18.9 Å². The number of fused-ring (bicyclic) bond motifs is 1. The van der Waals surface area contributed by atoms with Gasteiger partial charge in [0.25, 0.3) is 0 Å². The van der Waals surface area contributed by atoms with Crippen LogP contribution in [0.3, 0.4) is 0 Å². The SMILES string of the molecule is COc1ccc2oc(C(=O)NNC(=O)c3ccco3)c(C)c2c1. The normalized spacial score (nSPS) is 10.5. The molecular formula is C16H14N2O5. The van der Waals surface area contributed by atoms with Crippen molar-refractivity contribution in [3.05, 3.63) is 53.7 Å². The highest BCUT2D eigenvalue weighted by Gasteiger charge is 2.19. The van der Waals surface area contributed by atoms with E-state index in [4.69, 9.17) is 13.6 Å². The standard InChI is InChI=1S/C16H14N2O5/c1-9-11-8-10(21-2)5-6-12(11)23-14(9)16(20)18-17-15(19)13-4-3-7-22-13/h3-8H,1-2H3,(H,17,19)(H,18,20). The van der Waals surface area contributed by atoms with Crippen molar-refractivity contribution < 1.29 is 23.2 Å². The number of hydrazine groups is 1. The van der Waals surface area contributed by atoms with Gasteiger partial charge in [0, 0.05) is 10.9 Å². The molecular weight excluding hydrogens is 300 g/mol. The molecule has 0 atom stereocenters. The molecule has 7 nitrogen and oxygen atoms in total. The monoisotopic (exact) mass is 314 g/mol. The molecule has 2 heterocycles. The summed E-state index contributed by atoms with van der Waals surface area (Å²) in [5.41, 5.74) is 5.77. The molecule has 0 unspecified atom stereocenters. The van der Waals surface area contributed by atoms with Crippen LogP contribution in [0.15, 0.2) is 45.4 Å². The van der Waals surface area contributed by atoms with Crippen LogP contribution in [0.5, 0.6) is 5.75 Å². The predicted octanol–water partition coefficient (Wildman–Crippen LogP) is 2.42. The summed E-state index contributed by atoms with van der Waals surface area (Å²) in [5, 5.41) is 0.770. The van der Waals surface area contributed by atoms with Gasteiger partial charge >= 0.3 is 11.8 Å². The molecule has 1 aromatic carbocycles. The molecule has 23 heavy (non-hydrogen) atoms. The van der Waals surface area contributed by atoms with Crippen LogP contribution in [0.1, 0.15) is 26.7 Å². The summed E-state index contributed by atoms with van der Waals surface area (Å²) < 4.78 is 15.6. The van der Waals surface area contributed by atoms with Crippen LogP contribution in [0.2, 0.25) is 0 Å². The number of nitrogens with one attached hydrogen (secondary N) is 2. The number of benzene rings is 1. The first-order valence-corrected chi connectivity index (χ1v) is 6.81. The van der Waals surface area contributed by atoms with E-state index < -0.39 is 11.8 Å². The highest BCUT2D eigenvalue weighted by Crippen LogP contribution is 2.28. The number of carbonyl (C=O) groups excluding carboxylic acids is 2. The fourth-order valence-corrected chi connectivity index (χ4v) is 2.18. The van der Waals surface area contributed by atoms with E-state index in [2.05, 4.69) is 10.9 Å². The summed E-state index contributed by atoms with van der Waals surface area (Å²) >= 11 is 0. The number of amides is 2. The third kappa shape index (κ3) is 2.76. The number of furan rings is 2. The Kier molecular flexibility index (Phi) is 3.76. The topological polar surface area (TPSA) is 93.7 Å². The number of aryl methyl sites for hydroxylation is 1. The van der Waals surface area contributed by atoms with E-state index in [-0.39, 0.29) is 11.5 Å². The van der Waals surface area contributed by atoms with Gasteiger partial charge < -0.3 is 13.6 Å². The second kappa shape index (κ2) is 5.88. The molecule has 0 bridgehead atoms. The summed E-state index contributed by atoms with van der Waals surface area (Å²) in [5.74, 6) is -0.236. The minimum Gasteiger partial charge on any atom is -0.497 e. The van der Waals surface area contributed by atoms with E-state index in [1.807, 2.05) is 0 Å². The maximum absolute atomic E-state index is 12.2. The maximum Gasteiger partial charge on any atom is 0.305 e. The first-order chi connectivity index (χ1) is 11.1. The van der Waals surface area contributed by atoms with Gasteiger partial charge in [-0.25, -0.2) is 0 Å².